The zero-order valence-electron chi connectivity index (χ0n) is 16.9. The molecule has 154 valence electrons. The van der Waals surface area contributed by atoms with E-state index in [1.165, 1.54) is 0 Å². The van der Waals surface area contributed by atoms with Crippen LogP contribution >= 0.6 is 0 Å². The average molecular weight is 411 g/mol. The van der Waals surface area contributed by atoms with Crippen molar-refractivity contribution in [2.24, 2.45) is 0 Å². The monoisotopic (exact) mass is 411 g/mol. The fraction of sp³-hybridized carbons (Fsp3) is 0.200. The van der Waals surface area contributed by atoms with Crippen LogP contribution in [0.15, 0.2) is 65.4 Å². The van der Waals surface area contributed by atoms with Gasteiger partial charge in [-0.15, -0.1) is 0 Å². The molecule has 2 aromatic carbocycles. The first-order valence-electron chi connectivity index (χ1n) is 10.6. The van der Waals surface area contributed by atoms with Gasteiger partial charge in [0, 0.05) is 39.7 Å². The first-order valence-corrected chi connectivity index (χ1v) is 10.6. The van der Waals surface area contributed by atoms with Gasteiger partial charge in [-0.2, -0.15) is 0 Å². The topological polar surface area (TPSA) is 76.3 Å². The van der Waals surface area contributed by atoms with Crippen LogP contribution in [0.3, 0.4) is 0 Å². The van der Waals surface area contributed by atoms with Gasteiger partial charge in [0.25, 0.3) is 11.8 Å². The Labute approximate surface area is 178 Å². The summed E-state index contributed by atoms with van der Waals surface area (Å²) in [6, 6.07) is 16.0. The van der Waals surface area contributed by atoms with Gasteiger partial charge in [0.15, 0.2) is 0 Å². The Bertz CT molecular complexity index is 1390. The van der Waals surface area contributed by atoms with Gasteiger partial charge in [0.2, 0.25) is 0 Å². The van der Waals surface area contributed by atoms with E-state index >= 15 is 0 Å². The van der Waals surface area contributed by atoms with Crippen LogP contribution in [0.25, 0.3) is 33.0 Å². The SMILES string of the molecule is O=C1NC(=O)C(c2cccc3ccoc23)=C1c1cn(C2CCNCC2)c2ccccc12. The van der Waals surface area contributed by atoms with Crippen molar-refractivity contribution in [2.45, 2.75) is 18.9 Å². The molecule has 4 heterocycles. The smallest absolute Gasteiger partial charge is 0.259 e. The molecular weight excluding hydrogens is 390 g/mol. The number of rotatable bonds is 3. The van der Waals surface area contributed by atoms with Crippen molar-refractivity contribution in [3.8, 4) is 0 Å². The third kappa shape index (κ3) is 2.75. The molecule has 1 saturated heterocycles. The molecule has 0 bridgehead atoms. The van der Waals surface area contributed by atoms with E-state index in [4.69, 9.17) is 4.42 Å². The lowest BCUT2D eigenvalue weighted by molar-refractivity contribution is -0.122. The fourth-order valence-corrected chi connectivity index (χ4v) is 4.95. The lowest BCUT2D eigenvalue weighted by Crippen LogP contribution is -2.29. The van der Waals surface area contributed by atoms with E-state index in [1.54, 1.807) is 6.26 Å². The number of hydrogen-bond acceptors (Lipinski definition) is 4. The lowest BCUT2D eigenvalue weighted by Gasteiger charge is -2.25. The van der Waals surface area contributed by atoms with Crippen molar-refractivity contribution < 1.29 is 14.0 Å². The fourth-order valence-electron chi connectivity index (χ4n) is 4.95. The molecule has 0 atom stereocenters. The Morgan fingerprint density at radius 2 is 1.65 bits per heavy atom. The second-order valence-electron chi connectivity index (χ2n) is 8.13. The summed E-state index contributed by atoms with van der Waals surface area (Å²) in [7, 11) is 0. The Morgan fingerprint density at radius 3 is 2.48 bits per heavy atom. The number of aromatic nitrogens is 1. The van der Waals surface area contributed by atoms with Gasteiger partial charge in [0.1, 0.15) is 5.58 Å². The summed E-state index contributed by atoms with van der Waals surface area (Å²) in [5, 5.41) is 7.79. The zero-order chi connectivity index (χ0) is 20.9. The number of amides is 2. The first kappa shape index (κ1) is 18.2. The largest absolute Gasteiger partial charge is 0.464 e. The lowest BCUT2D eigenvalue weighted by atomic mass is 9.95. The number of nitrogens with zero attached hydrogens (tertiary/aromatic N) is 1. The molecule has 0 saturated carbocycles. The van der Waals surface area contributed by atoms with Crippen LogP contribution in [-0.4, -0.2) is 29.5 Å². The Balaban J connectivity index is 1.63. The van der Waals surface area contributed by atoms with Crippen molar-refractivity contribution in [1.82, 2.24) is 15.2 Å². The highest BCUT2D eigenvalue weighted by atomic mass is 16.3. The molecule has 31 heavy (non-hydrogen) atoms. The highest BCUT2D eigenvalue weighted by Crippen LogP contribution is 2.39. The minimum absolute atomic E-state index is 0.359. The highest BCUT2D eigenvalue weighted by molar-refractivity contribution is 6.50. The first-order chi connectivity index (χ1) is 15.2. The van der Waals surface area contributed by atoms with Gasteiger partial charge < -0.3 is 14.3 Å². The predicted molar refractivity (Wildman–Crippen MR) is 119 cm³/mol. The van der Waals surface area contributed by atoms with Gasteiger partial charge >= 0.3 is 0 Å². The summed E-state index contributed by atoms with van der Waals surface area (Å²) in [6.45, 7) is 1.94. The standard InChI is InChI=1S/C25H21N3O3/c29-24-21(18-6-3-4-15-10-13-31-23(15)18)22(25(30)27-24)19-14-28(16-8-11-26-12-9-16)20-7-2-1-5-17(19)20/h1-7,10,13-14,16,26H,8-9,11-12H2,(H,27,29,30). The van der Waals surface area contributed by atoms with Gasteiger partial charge in [-0.25, -0.2) is 0 Å². The molecule has 2 aliphatic rings. The van der Waals surface area contributed by atoms with Gasteiger partial charge in [-0.3, -0.25) is 14.9 Å². The molecule has 2 aromatic heterocycles. The summed E-state index contributed by atoms with van der Waals surface area (Å²) in [5.41, 5.74) is 3.91. The second-order valence-corrected chi connectivity index (χ2v) is 8.13. The number of hydrogen-bond donors (Lipinski definition) is 2. The number of para-hydroxylation sites is 2. The molecule has 1 fully saturated rings. The van der Waals surface area contributed by atoms with E-state index in [0.29, 0.717) is 28.3 Å². The van der Waals surface area contributed by atoms with E-state index in [0.717, 1.165) is 47.8 Å². The molecule has 0 radical (unpaired) electrons. The summed E-state index contributed by atoms with van der Waals surface area (Å²) < 4.78 is 7.96. The van der Waals surface area contributed by atoms with Gasteiger partial charge in [-0.05, 0) is 38.1 Å². The number of fused-ring (bicyclic) bond motifs is 2. The summed E-state index contributed by atoms with van der Waals surface area (Å²) in [5.74, 6) is -0.751. The molecule has 0 unspecified atom stereocenters. The summed E-state index contributed by atoms with van der Waals surface area (Å²) >= 11 is 0. The molecule has 6 nitrogen and oxygen atoms in total. The number of nitrogens with one attached hydrogen (secondary N) is 2. The van der Waals surface area contributed by atoms with Crippen molar-refractivity contribution in [2.75, 3.05) is 13.1 Å². The minimum Gasteiger partial charge on any atom is -0.464 e. The third-order valence-corrected chi connectivity index (χ3v) is 6.39. The zero-order valence-corrected chi connectivity index (χ0v) is 16.9. The summed E-state index contributed by atoms with van der Waals surface area (Å²) in [4.78, 5) is 26.0. The van der Waals surface area contributed by atoms with Crippen LogP contribution in [0.1, 0.15) is 30.0 Å². The molecule has 6 heteroatoms. The van der Waals surface area contributed by atoms with Crippen molar-refractivity contribution in [3.05, 3.63) is 72.1 Å². The number of piperidine rings is 1. The minimum atomic E-state index is -0.386. The van der Waals surface area contributed by atoms with Crippen LogP contribution < -0.4 is 10.6 Å². The van der Waals surface area contributed by atoms with E-state index in [-0.39, 0.29) is 11.8 Å². The Kier molecular flexibility index (Phi) is 4.07. The predicted octanol–water partition coefficient (Wildman–Crippen LogP) is 3.88. The normalized spacial score (nSPS) is 17.8. The molecule has 0 aliphatic carbocycles. The van der Waals surface area contributed by atoms with E-state index < -0.39 is 0 Å². The van der Waals surface area contributed by atoms with Gasteiger partial charge in [0.05, 0.1) is 17.4 Å². The third-order valence-electron chi connectivity index (χ3n) is 6.39. The number of carbonyl (C=O) groups is 2. The Morgan fingerprint density at radius 1 is 0.871 bits per heavy atom. The van der Waals surface area contributed by atoms with E-state index in [1.807, 2.05) is 42.5 Å². The van der Waals surface area contributed by atoms with Crippen LogP contribution in [0.5, 0.6) is 0 Å². The number of benzene rings is 2. The maximum Gasteiger partial charge on any atom is 0.259 e. The van der Waals surface area contributed by atoms with E-state index in [2.05, 4.69) is 27.5 Å². The number of carbonyl (C=O) groups excluding carboxylic acids is 2. The summed E-state index contributed by atoms with van der Waals surface area (Å²) in [6.07, 6.45) is 5.71. The molecule has 2 N–H and O–H groups in total. The molecular formula is C25H21N3O3. The van der Waals surface area contributed by atoms with E-state index in [9.17, 15) is 9.59 Å². The van der Waals surface area contributed by atoms with Gasteiger partial charge in [-0.1, -0.05) is 36.4 Å². The molecule has 6 rings (SSSR count). The molecule has 0 spiro atoms. The van der Waals surface area contributed by atoms with Crippen LogP contribution in [0.2, 0.25) is 0 Å². The van der Waals surface area contributed by atoms with Crippen molar-refractivity contribution >= 4 is 44.8 Å². The maximum absolute atomic E-state index is 13.0. The van der Waals surface area contributed by atoms with Crippen LogP contribution in [0, 0.1) is 0 Å². The highest BCUT2D eigenvalue weighted by Gasteiger charge is 2.35. The quantitative estimate of drug-likeness (QED) is 0.502. The van der Waals surface area contributed by atoms with Crippen LogP contribution in [0.4, 0.5) is 0 Å². The molecule has 2 amide bonds. The number of imide groups is 1. The maximum atomic E-state index is 13.0. The molecule has 2 aliphatic heterocycles. The Hall–Kier alpha value is -3.64. The van der Waals surface area contributed by atoms with Crippen LogP contribution in [-0.2, 0) is 9.59 Å². The van der Waals surface area contributed by atoms with Crippen molar-refractivity contribution in [1.29, 1.82) is 0 Å². The second kappa shape index (κ2) is 6.96. The molecule has 4 aromatic rings. The average Bonchev–Trinajstić information content (AvgIpc) is 3.49. The number of furan rings is 1. The van der Waals surface area contributed by atoms with Crippen molar-refractivity contribution in [3.63, 3.8) is 0 Å².